The number of quaternary nitrogens is 1. The van der Waals surface area contributed by atoms with Crippen molar-refractivity contribution in [2.45, 2.75) is 38.5 Å². The van der Waals surface area contributed by atoms with Gasteiger partial charge in [0.05, 0.1) is 31.3 Å². The molecule has 2 aromatic carbocycles. The molecule has 4 aromatic rings. The Morgan fingerprint density at radius 1 is 1.16 bits per heavy atom. The Balaban J connectivity index is 1.62. The van der Waals surface area contributed by atoms with Crippen LogP contribution in [0.3, 0.4) is 0 Å². The Labute approximate surface area is 185 Å². The summed E-state index contributed by atoms with van der Waals surface area (Å²) >= 11 is 0. The number of H-pyrrole nitrogens is 1. The van der Waals surface area contributed by atoms with E-state index in [-0.39, 0.29) is 17.7 Å². The van der Waals surface area contributed by atoms with Crippen LogP contribution >= 0.6 is 0 Å². The summed E-state index contributed by atoms with van der Waals surface area (Å²) in [5, 5.41) is 23.7. The number of benzene rings is 2. The lowest BCUT2D eigenvalue weighted by atomic mass is 9.99. The molecule has 1 aliphatic rings. The maximum Gasteiger partial charge on any atom is 0.258 e. The second-order valence-electron chi connectivity index (χ2n) is 8.65. The molecule has 164 valence electrons. The summed E-state index contributed by atoms with van der Waals surface area (Å²) in [7, 11) is 0. The zero-order valence-electron chi connectivity index (χ0n) is 18.0. The lowest BCUT2D eigenvalue weighted by molar-refractivity contribution is -0.932. The Kier molecular flexibility index (Phi) is 5.55. The number of fused-ring (bicyclic) bond motifs is 1. The standard InChI is InChI=1S/C24H26N6O2/c1-16-7-8-21-18(13-16)14-20(24(32)25-21)22(29-11-9-19(31)10-12-29)23-26-27-28-30(23)15-17-5-3-2-4-6-17/h2-8,13-14,19,22,31H,9-12,15H2,1H3,(H,25,32)/p+1/t22-/m0/s1. The monoisotopic (exact) mass is 431 g/mol. The fourth-order valence-corrected chi connectivity index (χ4v) is 4.65. The van der Waals surface area contributed by atoms with Gasteiger partial charge < -0.3 is 15.0 Å². The highest BCUT2D eigenvalue weighted by Gasteiger charge is 2.36. The van der Waals surface area contributed by atoms with Crippen molar-refractivity contribution < 1.29 is 10.0 Å². The number of hydrogen-bond acceptors (Lipinski definition) is 5. The quantitative estimate of drug-likeness (QED) is 0.438. The van der Waals surface area contributed by atoms with Gasteiger partial charge in [-0.25, -0.2) is 4.68 Å². The molecule has 8 nitrogen and oxygen atoms in total. The maximum absolute atomic E-state index is 13.2. The number of tetrazole rings is 1. The van der Waals surface area contributed by atoms with Gasteiger partial charge in [0.15, 0.2) is 6.04 Å². The van der Waals surface area contributed by atoms with E-state index in [1.807, 2.05) is 55.5 Å². The van der Waals surface area contributed by atoms with Crippen molar-refractivity contribution >= 4 is 10.9 Å². The molecular formula is C24H27N6O2+. The van der Waals surface area contributed by atoms with Crippen molar-refractivity contribution in [1.29, 1.82) is 0 Å². The normalized spacial score (nSPS) is 19.8. The number of nitrogens with one attached hydrogen (secondary N) is 2. The molecule has 2 aromatic heterocycles. The van der Waals surface area contributed by atoms with Gasteiger partial charge in [-0.15, -0.1) is 5.10 Å². The van der Waals surface area contributed by atoms with Gasteiger partial charge in [-0.1, -0.05) is 42.0 Å². The molecule has 0 aliphatic carbocycles. The van der Waals surface area contributed by atoms with Gasteiger partial charge in [0.25, 0.3) is 5.56 Å². The molecule has 0 radical (unpaired) electrons. The van der Waals surface area contributed by atoms with Gasteiger partial charge in [0.1, 0.15) is 0 Å². The molecule has 1 aliphatic heterocycles. The molecule has 1 saturated heterocycles. The summed E-state index contributed by atoms with van der Waals surface area (Å²) in [6.07, 6.45) is 1.09. The number of rotatable bonds is 5. The van der Waals surface area contributed by atoms with E-state index in [1.54, 1.807) is 4.68 Å². The lowest BCUT2D eigenvalue weighted by Crippen LogP contribution is -3.14. The van der Waals surface area contributed by atoms with E-state index in [0.717, 1.165) is 35.1 Å². The molecule has 8 heteroatoms. The molecular weight excluding hydrogens is 404 g/mol. The first-order valence-corrected chi connectivity index (χ1v) is 11.0. The number of pyridine rings is 1. The van der Waals surface area contributed by atoms with E-state index in [2.05, 4.69) is 26.6 Å². The molecule has 0 unspecified atom stereocenters. The number of aryl methyl sites for hydroxylation is 1. The second-order valence-corrected chi connectivity index (χ2v) is 8.65. The van der Waals surface area contributed by atoms with Crippen molar-refractivity contribution in [1.82, 2.24) is 25.2 Å². The van der Waals surface area contributed by atoms with Gasteiger partial charge in [0.2, 0.25) is 5.82 Å². The fraction of sp³-hybridized carbons (Fsp3) is 0.333. The van der Waals surface area contributed by atoms with E-state index in [4.69, 9.17) is 0 Å². The van der Waals surface area contributed by atoms with Gasteiger partial charge in [0, 0.05) is 18.4 Å². The van der Waals surface area contributed by atoms with Crippen LogP contribution in [-0.4, -0.2) is 49.5 Å². The molecule has 1 fully saturated rings. The summed E-state index contributed by atoms with van der Waals surface area (Å²) in [4.78, 5) is 17.5. The first-order valence-electron chi connectivity index (χ1n) is 11.0. The maximum atomic E-state index is 13.2. The van der Waals surface area contributed by atoms with Crippen LogP contribution in [0.25, 0.3) is 10.9 Å². The summed E-state index contributed by atoms with van der Waals surface area (Å²) < 4.78 is 1.79. The minimum Gasteiger partial charge on any atom is -0.393 e. The molecule has 32 heavy (non-hydrogen) atoms. The third kappa shape index (κ3) is 4.06. The van der Waals surface area contributed by atoms with E-state index >= 15 is 0 Å². The smallest absolute Gasteiger partial charge is 0.258 e. The Hall–Kier alpha value is -3.36. The molecule has 3 heterocycles. The SMILES string of the molecule is Cc1ccc2[nH]c(=O)c([C@@H](c3nnnn3Cc3ccccc3)[NH+]3CCC(O)CC3)cc2c1. The summed E-state index contributed by atoms with van der Waals surface area (Å²) in [5.41, 5.74) is 3.56. The van der Waals surface area contributed by atoms with Gasteiger partial charge >= 0.3 is 0 Å². The Morgan fingerprint density at radius 2 is 1.94 bits per heavy atom. The number of aromatic amines is 1. The van der Waals surface area contributed by atoms with Gasteiger partial charge in [-0.05, 0) is 46.5 Å². The third-order valence-electron chi connectivity index (χ3n) is 6.34. The number of piperidine rings is 1. The summed E-state index contributed by atoms with van der Waals surface area (Å²) in [6.45, 7) is 4.06. The lowest BCUT2D eigenvalue weighted by Gasteiger charge is -2.32. The summed E-state index contributed by atoms with van der Waals surface area (Å²) in [6, 6.07) is 17.7. The zero-order valence-corrected chi connectivity index (χ0v) is 18.0. The number of aromatic nitrogens is 5. The average molecular weight is 432 g/mol. The van der Waals surface area contributed by atoms with Crippen molar-refractivity contribution in [3.63, 3.8) is 0 Å². The van der Waals surface area contributed by atoms with Crippen LogP contribution in [0.5, 0.6) is 0 Å². The Bertz CT molecular complexity index is 1270. The summed E-state index contributed by atoms with van der Waals surface area (Å²) in [5.74, 6) is 0.665. The van der Waals surface area contributed by atoms with E-state index in [9.17, 15) is 9.90 Å². The van der Waals surface area contributed by atoms with Crippen molar-refractivity contribution in [2.24, 2.45) is 0 Å². The van der Waals surface area contributed by atoms with Gasteiger partial charge in [-0.3, -0.25) is 4.79 Å². The van der Waals surface area contributed by atoms with E-state index < -0.39 is 0 Å². The zero-order chi connectivity index (χ0) is 22.1. The van der Waals surface area contributed by atoms with Crippen LogP contribution in [0.2, 0.25) is 0 Å². The Morgan fingerprint density at radius 3 is 2.72 bits per heavy atom. The minimum atomic E-state index is -0.324. The molecule has 0 spiro atoms. The van der Waals surface area contributed by atoms with E-state index in [1.165, 1.54) is 4.90 Å². The number of aliphatic hydroxyl groups excluding tert-OH is 1. The minimum absolute atomic E-state index is 0.126. The topological polar surface area (TPSA) is 101 Å². The van der Waals surface area contributed by atoms with Crippen LogP contribution in [0.4, 0.5) is 0 Å². The van der Waals surface area contributed by atoms with Crippen LogP contribution in [0, 0.1) is 6.92 Å². The van der Waals surface area contributed by atoms with Crippen molar-refractivity contribution in [3.8, 4) is 0 Å². The molecule has 5 rings (SSSR count). The molecule has 3 N–H and O–H groups in total. The molecule has 0 saturated carbocycles. The predicted molar refractivity (Wildman–Crippen MR) is 120 cm³/mol. The number of likely N-dealkylation sites (tertiary alicyclic amines) is 1. The predicted octanol–water partition coefficient (Wildman–Crippen LogP) is 1.00. The molecule has 1 atom stereocenters. The molecule has 0 amide bonds. The number of hydrogen-bond donors (Lipinski definition) is 3. The highest BCUT2D eigenvalue weighted by Crippen LogP contribution is 2.20. The largest absolute Gasteiger partial charge is 0.393 e. The fourth-order valence-electron chi connectivity index (χ4n) is 4.65. The van der Waals surface area contributed by atoms with Crippen LogP contribution in [0.15, 0.2) is 59.4 Å². The first-order chi connectivity index (χ1) is 15.6. The second kappa shape index (κ2) is 8.64. The average Bonchev–Trinajstić information content (AvgIpc) is 3.24. The van der Waals surface area contributed by atoms with Crippen LogP contribution < -0.4 is 10.5 Å². The highest BCUT2D eigenvalue weighted by atomic mass is 16.3. The number of aliphatic hydroxyl groups is 1. The van der Waals surface area contributed by atoms with Crippen LogP contribution in [-0.2, 0) is 6.54 Å². The van der Waals surface area contributed by atoms with Crippen molar-refractivity contribution in [3.05, 3.63) is 87.5 Å². The van der Waals surface area contributed by atoms with Gasteiger partial charge in [-0.2, -0.15) is 0 Å². The highest BCUT2D eigenvalue weighted by molar-refractivity contribution is 5.79. The van der Waals surface area contributed by atoms with E-state index in [0.29, 0.717) is 30.8 Å². The first kappa shape index (κ1) is 20.5. The van der Waals surface area contributed by atoms with Crippen LogP contribution in [0.1, 0.15) is 41.4 Å². The van der Waals surface area contributed by atoms with Crippen molar-refractivity contribution in [2.75, 3.05) is 13.1 Å². The number of nitrogens with zero attached hydrogens (tertiary/aromatic N) is 4. The third-order valence-corrected chi connectivity index (χ3v) is 6.34. The molecule has 0 bridgehead atoms.